The highest BCUT2D eigenvalue weighted by Gasteiger charge is 2.13. The molecule has 3 aromatic rings. The van der Waals surface area contributed by atoms with Gasteiger partial charge in [-0.15, -0.1) is 0 Å². The third-order valence-electron chi connectivity index (χ3n) is 3.18. The van der Waals surface area contributed by atoms with Gasteiger partial charge in [0.15, 0.2) is 10.5 Å². The van der Waals surface area contributed by atoms with Crippen LogP contribution in [-0.2, 0) is 14.1 Å². The molecule has 2 heterocycles. The summed E-state index contributed by atoms with van der Waals surface area (Å²) < 4.78 is 5.63. The molecule has 0 saturated carbocycles. The van der Waals surface area contributed by atoms with E-state index in [4.69, 9.17) is 0 Å². The van der Waals surface area contributed by atoms with Crippen LogP contribution in [0.5, 0.6) is 0 Å². The fourth-order valence-corrected chi connectivity index (χ4v) is 3.74. The van der Waals surface area contributed by atoms with Crippen LogP contribution in [0.4, 0.5) is 0 Å². The average Bonchev–Trinajstić information content (AvgIpc) is 2.90. The van der Waals surface area contributed by atoms with Gasteiger partial charge in [-0.2, -0.15) is 10.1 Å². The first-order chi connectivity index (χ1) is 9.95. The highest BCUT2D eigenvalue weighted by Crippen LogP contribution is 2.21. The zero-order valence-electron chi connectivity index (χ0n) is 11.8. The van der Waals surface area contributed by atoms with E-state index >= 15 is 0 Å². The van der Waals surface area contributed by atoms with Crippen LogP contribution in [0.25, 0.3) is 10.2 Å². The Labute approximate surface area is 133 Å². The smallest absolute Gasteiger partial charge is 0.300 e. The van der Waals surface area contributed by atoms with Crippen molar-refractivity contribution in [3.63, 3.8) is 0 Å². The van der Waals surface area contributed by atoms with Crippen LogP contribution < -0.4 is 4.80 Å². The third-order valence-corrected chi connectivity index (χ3v) is 4.77. The molecule has 0 saturated heterocycles. The number of carbonyl (C=O) groups is 1. The highest BCUT2D eigenvalue weighted by molar-refractivity contribution is 9.10. The number of halogens is 1. The number of hydrogen-bond acceptors (Lipinski definition) is 3. The number of aromatic nitrogens is 3. The largest absolute Gasteiger partial charge is 0.319 e. The zero-order chi connectivity index (χ0) is 15.1. The van der Waals surface area contributed by atoms with E-state index < -0.39 is 0 Å². The van der Waals surface area contributed by atoms with Crippen molar-refractivity contribution in [1.29, 1.82) is 0 Å². The van der Waals surface area contributed by atoms with E-state index in [1.807, 2.05) is 42.9 Å². The maximum Gasteiger partial charge on any atom is 0.300 e. The Bertz CT molecular complexity index is 919. The number of benzene rings is 1. The van der Waals surface area contributed by atoms with Crippen LogP contribution in [0.2, 0.25) is 0 Å². The van der Waals surface area contributed by atoms with E-state index in [2.05, 4.69) is 26.0 Å². The molecular weight excluding hydrogens is 352 g/mol. The first kappa shape index (κ1) is 14.2. The number of nitrogens with zero attached hydrogens (tertiary/aromatic N) is 4. The quantitative estimate of drug-likeness (QED) is 0.666. The summed E-state index contributed by atoms with van der Waals surface area (Å²) in [6, 6.07) is 6.00. The zero-order valence-corrected chi connectivity index (χ0v) is 14.2. The van der Waals surface area contributed by atoms with Crippen molar-refractivity contribution in [3.8, 4) is 0 Å². The van der Waals surface area contributed by atoms with Crippen LogP contribution in [0.1, 0.15) is 16.1 Å². The molecule has 0 bridgehead atoms. The summed E-state index contributed by atoms with van der Waals surface area (Å²) in [7, 11) is 3.70. The molecule has 5 nitrogen and oxygen atoms in total. The van der Waals surface area contributed by atoms with Crippen molar-refractivity contribution in [1.82, 2.24) is 14.3 Å². The van der Waals surface area contributed by atoms with Crippen molar-refractivity contribution in [2.45, 2.75) is 6.92 Å². The minimum atomic E-state index is -0.311. The fraction of sp³-hybridized carbons (Fsp3) is 0.214. The summed E-state index contributed by atoms with van der Waals surface area (Å²) in [5.74, 6) is -0.311. The van der Waals surface area contributed by atoms with Gasteiger partial charge < -0.3 is 4.57 Å². The van der Waals surface area contributed by atoms with Gasteiger partial charge >= 0.3 is 0 Å². The predicted octanol–water partition coefficient (Wildman–Crippen LogP) is 2.79. The second-order valence-electron chi connectivity index (χ2n) is 4.81. The molecule has 0 radical (unpaired) electrons. The van der Waals surface area contributed by atoms with E-state index in [1.54, 1.807) is 11.7 Å². The van der Waals surface area contributed by atoms with Crippen LogP contribution in [0, 0.1) is 6.92 Å². The number of fused-ring (bicyclic) bond motifs is 1. The minimum Gasteiger partial charge on any atom is -0.319 e. The van der Waals surface area contributed by atoms with Gasteiger partial charge in [-0.05, 0) is 25.1 Å². The molecule has 0 aliphatic heterocycles. The van der Waals surface area contributed by atoms with E-state index in [0.29, 0.717) is 10.5 Å². The molecule has 0 unspecified atom stereocenters. The molecule has 0 N–H and O–H groups in total. The Morgan fingerprint density at radius 1 is 1.38 bits per heavy atom. The fourth-order valence-electron chi connectivity index (χ4n) is 2.17. The molecule has 1 amide bonds. The molecule has 0 aliphatic rings. The lowest BCUT2D eigenvalue weighted by atomic mass is 10.3. The molecule has 0 fully saturated rings. The SMILES string of the molecule is Cc1cn(C)nc1C(=O)N=c1sc2cc(Br)ccc2n1C. The Kier molecular flexibility index (Phi) is 3.54. The van der Waals surface area contributed by atoms with Crippen molar-refractivity contribution >= 4 is 43.4 Å². The van der Waals surface area contributed by atoms with Crippen LogP contribution in [-0.4, -0.2) is 20.3 Å². The van der Waals surface area contributed by atoms with Gasteiger partial charge in [0.2, 0.25) is 0 Å². The Morgan fingerprint density at radius 3 is 2.81 bits per heavy atom. The summed E-state index contributed by atoms with van der Waals surface area (Å²) in [6.07, 6.45) is 1.81. The Morgan fingerprint density at radius 2 is 2.14 bits per heavy atom. The van der Waals surface area contributed by atoms with Crippen molar-refractivity contribution in [2.75, 3.05) is 0 Å². The molecule has 3 rings (SSSR count). The third kappa shape index (κ3) is 2.58. The van der Waals surface area contributed by atoms with Gasteiger partial charge in [-0.3, -0.25) is 9.48 Å². The molecule has 0 spiro atoms. The number of aryl methyl sites for hydroxylation is 3. The lowest BCUT2D eigenvalue weighted by Gasteiger charge is -1.95. The van der Waals surface area contributed by atoms with E-state index in [9.17, 15) is 4.79 Å². The normalized spacial score (nSPS) is 12.3. The molecule has 21 heavy (non-hydrogen) atoms. The highest BCUT2D eigenvalue weighted by atomic mass is 79.9. The van der Waals surface area contributed by atoms with Gasteiger partial charge in [0.25, 0.3) is 5.91 Å². The number of hydrogen-bond donors (Lipinski definition) is 0. The first-order valence-electron chi connectivity index (χ1n) is 6.30. The standard InChI is InChI=1S/C14H13BrN4OS/c1-8-7-18(2)17-12(8)13(20)16-14-19(3)10-5-4-9(15)6-11(10)21-14/h4-7H,1-3H3. The average molecular weight is 365 g/mol. The lowest BCUT2D eigenvalue weighted by Crippen LogP contribution is -2.14. The first-order valence-corrected chi connectivity index (χ1v) is 7.91. The molecule has 0 atom stereocenters. The molecule has 1 aromatic carbocycles. The van der Waals surface area contributed by atoms with E-state index in [1.165, 1.54) is 11.3 Å². The summed E-state index contributed by atoms with van der Waals surface area (Å²) in [4.78, 5) is 17.2. The van der Waals surface area contributed by atoms with Gasteiger partial charge in [0, 0.05) is 30.3 Å². The predicted molar refractivity (Wildman–Crippen MR) is 86.3 cm³/mol. The number of carbonyl (C=O) groups excluding carboxylic acids is 1. The molecule has 7 heteroatoms. The second-order valence-corrected chi connectivity index (χ2v) is 6.73. The van der Waals surface area contributed by atoms with Crippen molar-refractivity contribution in [2.24, 2.45) is 19.1 Å². The Hall–Kier alpha value is -1.73. The van der Waals surface area contributed by atoms with Crippen molar-refractivity contribution in [3.05, 3.63) is 44.9 Å². The topological polar surface area (TPSA) is 52.2 Å². The van der Waals surface area contributed by atoms with Crippen LogP contribution in [0.15, 0.2) is 33.9 Å². The van der Waals surface area contributed by atoms with Gasteiger partial charge in [0.1, 0.15) is 0 Å². The van der Waals surface area contributed by atoms with Crippen molar-refractivity contribution < 1.29 is 4.79 Å². The summed E-state index contributed by atoms with van der Waals surface area (Å²) in [6.45, 7) is 1.86. The summed E-state index contributed by atoms with van der Waals surface area (Å²) in [5.41, 5.74) is 2.28. The molecular formula is C14H13BrN4OS. The lowest BCUT2D eigenvalue weighted by molar-refractivity contribution is 0.0992. The maximum atomic E-state index is 12.3. The maximum absolute atomic E-state index is 12.3. The number of thiazole rings is 1. The van der Waals surface area contributed by atoms with Crippen LogP contribution in [0.3, 0.4) is 0 Å². The summed E-state index contributed by atoms with van der Waals surface area (Å²) in [5, 5.41) is 4.17. The number of amides is 1. The molecule has 108 valence electrons. The van der Waals surface area contributed by atoms with Gasteiger partial charge in [0.05, 0.1) is 10.2 Å². The Balaban J connectivity index is 2.13. The van der Waals surface area contributed by atoms with E-state index in [0.717, 1.165) is 20.3 Å². The molecule has 2 aromatic heterocycles. The van der Waals surface area contributed by atoms with Gasteiger partial charge in [-0.1, -0.05) is 27.3 Å². The number of rotatable bonds is 1. The minimum absolute atomic E-state index is 0.311. The molecule has 0 aliphatic carbocycles. The monoisotopic (exact) mass is 364 g/mol. The van der Waals surface area contributed by atoms with Gasteiger partial charge in [-0.25, -0.2) is 0 Å². The van der Waals surface area contributed by atoms with Crippen LogP contribution >= 0.6 is 27.3 Å². The van der Waals surface area contributed by atoms with E-state index in [-0.39, 0.29) is 5.91 Å². The second kappa shape index (κ2) is 5.23. The summed E-state index contributed by atoms with van der Waals surface area (Å²) >= 11 is 4.94.